The van der Waals surface area contributed by atoms with Gasteiger partial charge in [0.2, 0.25) is 5.76 Å². The van der Waals surface area contributed by atoms with Crippen LogP contribution in [-0.4, -0.2) is 48.3 Å². The summed E-state index contributed by atoms with van der Waals surface area (Å²) >= 11 is 0. The highest BCUT2D eigenvalue weighted by molar-refractivity contribution is 5.94. The van der Waals surface area contributed by atoms with Gasteiger partial charge in [-0.15, -0.1) is 0 Å². The molecule has 0 saturated carbocycles. The summed E-state index contributed by atoms with van der Waals surface area (Å²) in [6.07, 6.45) is -3.39. The van der Waals surface area contributed by atoms with E-state index in [1.54, 1.807) is 6.20 Å². The maximum Gasteiger partial charge on any atom is 0.421 e. The smallest absolute Gasteiger partial charge is 0.421 e. The van der Waals surface area contributed by atoms with Crippen LogP contribution in [0.2, 0.25) is 0 Å². The first kappa shape index (κ1) is 19.7. The number of carbonyl (C=O) groups is 1. The Kier molecular flexibility index (Phi) is 4.99. The van der Waals surface area contributed by atoms with Crippen LogP contribution in [0.1, 0.15) is 34.4 Å². The molecule has 0 bridgehead atoms. The summed E-state index contributed by atoms with van der Waals surface area (Å²) in [5.41, 5.74) is -0.280. The third-order valence-electron chi connectivity index (χ3n) is 4.75. The minimum atomic E-state index is -4.82. The summed E-state index contributed by atoms with van der Waals surface area (Å²) in [5, 5.41) is 4.34. The van der Waals surface area contributed by atoms with Gasteiger partial charge in [0, 0.05) is 18.2 Å². The van der Waals surface area contributed by atoms with Gasteiger partial charge in [-0.05, 0) is 12.5 Å². The molecule has 7 nitrogen and oxygen atoms in total. The van der Waals surface area contributed by atoms with Crippen molar-refractivity contribution in [2.24, 2.45) is 0 Å². The Bertz CT molecular complexity index is 954. The van der Waals surface area contributed by atoms with Crippen LogP contribution in [-0.2, 0) is 33.4 Å². The van der Waals surface area contributed by atoms with E-state index in [0.29, 0.717) is 37.5 Å². The Balaban J connectivity index is 1.79. The molecule has 1 saturated heterocycles. The number of alkyl halides is 3. The second-order valence-electron chi connectivity index (χ2n) is 6.78. The largest absolute Gasteiger partial charge is 0.460 e. The second kappa shape index (κ2) is 7.34. The molecule has 2 aromatic heterocycles. The first-order valence-electron chi connectivity index (χ1n) is 9.14. The van der Waals surface area contributed by atoms with Gasteiger partial charge in [-0.1, -0.05) is 6.58 Å². The number of hydrogen-bond donors (Lipinski definition) is 0. The molecule has 2 aliphatic rings. The molecule has 10 heteroatoms. The van der Waals surface area contributed by atoms with Crippen LogP contribution in [0.25, 0.3) is 16.8 Å². The number of esters is 1. The summed E-state index contributed by atoms with van der Waals surface area (Å²) in [7, 11) is 0. The van der Waals surface area contributed by atoms with Crippen molar-refractivity contribution < 1.29 is 36.6 Å². The van der Waals surface area contributed by atoms with E-state index >= 15 is 0 Å². The Morgan fingerprint density at radius 1 is 1.41 bits per heavy atom. The van der Waals surface area contributed by atoms with Crippen molar-refractivity contribution >= 4 is 11.5 Å². The van der Waals surface area contributed by atoms with E-state index in [1.165, 1.54) is 11.6 Å². The fourth-order valence-electron chi connectivity index (χ4n) is 3.56. The molecule has 0 unspecified atom stereocenters. The lowest BCUT2D eigenvalue weighted by molar-refractivity contribution is -0.138. The second-order valence-corrected chi connectivity index (χ2v) is 6.78. The summed E-state index contributed by atoms with van der Waals surface area (Å²) in [4.78, 5) is 12.1. The molecule has 0 aromatic carbocycles. The molecular formula is C19H19F3N2O5. The van der Waals surface area contributed by atoms with E-state index in [2.05, 4.69) is 11.7 Å². The monoisotopic (exact) mass is 412 g/mol. The first-order chi connectivity index (χ1) is 13.8. The Hall–Kier alpha value is -2.59. The lowest BCUT2D eigenvalue weighted by atomic mass is 9.90. The molecular weight excluding hydrogens is 393 g/mol. The number of aromatic nitrogens is 2. The van der Waals surface area contributed by atoms with Crippen LogP contribution in [0.4, 0.5) is 13.2 Å². The lowest BCUT2D eigenvalue weighted by Gasteiger charge is -2.22. The molecule has 1 fully saturated rings. The first-order valence-corrected chi connectivity index (χ1v) is 9.14. The summed E-state index contributed by atoms with van der Waals surface area (Å²) in [6, 6.07) is 0. The number of halogens is 3. The van der Waals surface area contributed by atoms with Crippen molar-refractivity contribution in [3.05, 3.63) is 35.4 Å². The van der Waals surface area contributed by atoms with E-state index in [9.17, 15) is 18.0 Å². The standard InChI is InChI=1S/C19H19F3N2O5/c1-3-27-18(25)17-15(19(20,21)22)14-13(29-17)6-10(2)12-8-24(23-16(12)14)7-11-9-26-4-5-28-11/h8,11H,2-7,9H2,1H3/t11-/m0/s1. The lowest BCUT2D eigenvalue weighted by Crippen LogP contribution is -2.32. The zero-order valence-corrected chi connectivity index (χ0v) is 15.7. The van der Waals surface area contributed by atoms with Crippen molar-refractivity contribution in [1.82, 2.24) is 9.78 Å². The number of ether oxygens (including phenoxy) is 3. The zero-order valence-electron chi connectivity index (χ0n) is 15.7. The third-order valence-corrected chi connectivity index (χ3v) is 4.75. The van der Waals surface area contributed by atoms with Crippen LogP contribution >= 0.6 is 0 Å². The van der Waals surface area contributed by atoms with Crippen molar-refractivity contribution in [3.63, 3.8) is 0 Å². The van der Waals surface area contributed by atoms with Gasteiger partial charge >= 0.3 is 12.1 Å². The van der Waals surface area contributed by atoms with Crippen LogP contribution < -0.4 is 0 Å². The maximum absolute atomic E-state index is 13.9. The molecule has 0 N–H and O–H groups in total. The Morgan fingerprint density at radius 3 is 2.86 bits per heavy atom. The Morgan fingerprint density at radius 2 is 2.21 bits per heavy atom. The number of rotatable bonds is 4. The Labute approximate surface area is 164 Å². The highest BCUT2D eigenvalue weighted by Gasteiger charge is 2.46. The summed E-state index contributed by atoms with van der Waals surface area (Å²) in [6.45, 7) is 7.02. The van der Waals surface area contributed by atoms with Crippen molar-refractivity contribution in [1.29, 1.82) is 0 Å². The minimum Gasteiger partial charge on any atom is -0.460 e. The molecule has 156 valence electrons. The van der Waals surface area contributed by atoms with Crippen LogP contribution in [0.3, 0.4) is 0 Å². The SMILES string of the molecule is C=C1Cc2oc(C(=O)OCC)c(C(F)(F)F)c2-c2nn(C[C@H]3COCCO3)cc21. The van der Waals surface area contributed by atoms with Gasteiger partial charge in [-0.3, -0.25) is 4.68 Å². The number of furan rings is 1. The van der Waals surface area contributed by atoms with Gasteiger partial charge in [0.15, 0.2) is 0 Å². The number of nitrogens with zero attached hydrogens (tertiary/aromatic N) is 2. The number of allylic oxidation sites excluding steroid dienone is 1. The molecule has 0 amide bonds. The van der Waals surface area contributed by atoms with E-state index in [0.717, 1.165) is 0 Å². The zero-order chi connectivity index (χ0) is 20.8. The van der Waals surface area contributed by atoms with E-state index < -0.39 is 23.5 Å². The molecule has 0 spiro atoms. The molecule has 1 atom stereocenters. The van der Waals surface area contributed by atoms with Gasteiger partial charge in [-0.25, -0.2) is 4.79 Å². The van der Waals surface area contributed by atoms with Crippen molar-refractivity contribution in [2.75, 3.05) is 26.4 Å². The maximum atomic E-state index is 13.9. The predicted octanol–water partition coefficient (Wildman–Crippen LogP) is 3.32. The number of hydrogen-bond acceptors (Lipinski definition) is 6. The molecule has 1 aliphatic heterocycles. The van der Waals surface area contributed by atoms with Gasteiger partial charge in [0.25, 0.3) is 0 Å². The highest BCUT2D eigenvalue weighted by Crippen LogP contribution is 2.48. The minimum absolute atomic E-state index is 0.000350. The van der Waals surface area contributed by atoms with Crippen LogP contribution in [0.5, 0.6) is 0 Å². The van der Waals surface area contributed by atoms with E-state index in [1.807, 2.05) is 0 Å². The number of fused-ring (bicyclic) bond motifs is 3. The van der Waals surface area contributed by atoms with Gasteiger partial charge in [0.1, 0.15) is 23.1 Å². The number of carbonyl (C=O) groups excluding carboxylic acids is 1. The average Bonchev–Trinajstić information content (AvgIpc) is 3.24. The molecule has 29 heavy (non-hydrogen) atoms. The van der Waals surface area contributed by atoms with Gasteiger partial charge in [0.05, 0.1) is 38.5 Å². The van der Waals surface area contributed by atoms with Crippen LogP contribution in [0, 0.1) is 0 Å². The average molecular weight is 412 g/mol. The van der Waals surface area contributed by atoms with E-state index in [4.69, 9.17) is 18.6 Å². The molecule has 3 heterocycles. The summed E-state index contributed by atoms with van der Waals surface area (Å²) in [5.74, 6) is -2.02. The predicted molar refractivity (Wildman–Crippen MR) is 94.2 cm³/mol. The van der Waals surface area contributed by atoms with Gasteiger partial charge < -0.3 is 18.6 Å². The third kappa shape index (κ3) is 3.58. The fraction of sp³-hybridized carbons (Fsp3) is 0.474. The van der Waals surface area contributed by atoms with Crippen molar-refractivity contribution in [3.8, 4) is 11.3 Å². The van der Waals surface area contributed by atoms with Gasteiger partial charge in [-0.2, -0.15) is 18.3 Å². The fourth-order valence-corrected chi connectivity index (χ4v) is 3.56. The van der Waals surface area contributed by atoms with Crippen molar-refractivity contribution in [2.45, 2.75) is 32.2 Å². The highest BCUT2D eigenvalue weighted by atomic mass is 19.4. The van der Waals surface area contributed by atoms with Crippen LogP contribution in [0.15, 0.2) is 17.2 Å². The molecule has 0 radical (unpaired) electrons. The normalized spacial score (nSPS) is 19.0. The summed E-state index contributed by atoms with van der Waals surface area (Å²) < 4.78 is 64.2. The molecule has 2 aromatic rings. The van der Waals surface area contributed by atoms with E-state index in [-0.39, 0.29) is 36.1 Å². The topological polar surface area (TPSA) is 75.7 Å². The molecule has 4 rings (SSSR count). The molecule has 1 aliphatic carbocycles. The quantitative estimate of drug-likeness (QED) is 0.718.